The van der Waals surface area contributed by atoms with Crippen LogP contribution in [-0.2, 0) is 20.9 Å². The van der Waals surface area contributed by atoms with Crippen LogP contribution in [0.1, 0.15) is 80.5 Å². The van der Waals surface area contributed by atoms with Gasteiger partial charge in [0, 0.05) is 55.5 Å². The van der Waals surface area contributed by atoms with Crippen LogP contribution in [0.15, 0.2) is 12.1 Å². The van der Waals surface area contributed by atoms with Crippen molar-refractivity contribution < 1.29 is 33.8 Å². The van der Waals surface area contributed by atoms with Crippen LogP contribution in [0, 0.1) is 0 Å². The Morgan fingerprint density at radius 2 is 1.91 bits per heavy atom. The number of hydrogen-bond acceptors (Lipinski definition) is 7. The third kappa shape index (κ3) is 4.24. The number of nitrogens with zero attached hydrogens (tertiary/aromatic N) is 2. The maximum Gasteiger partial charge on any atom is 0.410 e. The first-order valence-electron chi connectivity index (χ1n) is 12.1. The van der Waals surface area contributed by atoms with Crippen LogP contribution in [0.2, 0.25) is 0 Å². The number of carbonyl (C=O) groups is 4. The number of carbonyl (C=O) groups excluding carboxylic acids is 4. The number of piperidine rings is 2. The average molecular weight is 486 g/mol. The summed E-state index contributed by atoms with van der Waals surface area (Å²) in [6.07, 6.45) is 0.772. The van der Waals surface area contributed by atoms with Gasteiger partial charge in [-0.05, 0) is 33.3 Å². The van der Waals surface area contributed by atoms with E-state index < -0.39 is 29.3 Å². The van der Waals surface area contributed by atoms with Gasteiger partial charge in [-0.1, -0.05) is 6.07 Å². The number of amides is 4. The minimum Gasteiger partial charge on any atom is -0.486 e. The summed E-state index contributed by atoms with van der Waals surface area (Å²) >= 11 is 0. The molecule has 35 heavy (non-hydrogen) atoms. The number of benzene rings is 1. The van der Waals surface area contributed by atoms with Crippen molar-refractivity contribution in [3.63, 3.8) is 0 Å². The second-order valence-electron chi connectivity index (χ2n) is 10.9. The highest BCUT2D eigenvalue weighted by Crippen LogP contribution is 2.48. The Morgan fingerprint density at radius 1 is 1.20 bits per heavy atom. The molecule has 4 amide bonds. The zero-order valence-corrected chi connectivity index (χ0v) is 20.3. The second-order valence-corrected chi connectivity index (χ2v) is 10.9. The highest BCUT2D eigenvalue weighted by atomic mass is 16.6. The van der Waals surface area contributed by atoms with Crippen LogP contribution in [0.3, 0.4) is 0 Å². The predicted molar refractivity (Wildman–Crippen MR) is 122 cm³/mol. The third-order valence-corrected chi connectivity index (χ3v) is 7.27. The number of nitrogens with one attached hydrogen (secondary N) is 1. The Balaban J connectivity index is 1.36. The van der Waals surface area contributed by atoms with E-state index in [-0.39, 0.29) is 37.3 Å². The Bertz CT molecular complexity index is 1100. The number of aliphatic hydroxyl groups is 1. The highest BCUT2D eigenvalue weighted by molar-refractivity contribution is 6.05. The van der Waals surface area contributed by atoms with Crippen LogP contribution < -0.4 is 10.1 Å². The molecule has 0 saturated carbocycles. The molecule has 2 unspecified atom stereocenters. The summed E-state index contributed by atoms with van der Waals surface area (Å²) in [5.74, 6) is -0.591. The SMILES string of the molecule is CC(C)(C)OC(=O)N1CCC2(CC1)CC(O)c1ccc3c(c1O2)CN(C1CCC(=O)NC1=O)C3=O. The average Bonchev–Trinajstić information content (AvgIpc) is 3.10. The summed E-state index contributed by atoms with van der Waals surface area (Å²) in [7, 11) is 0. The first kappa shape index (κ1) is 23.6. The zero-order valence-electron chi connectivity index (χ0n) is 20.3. The fourth-order valence-electron chi connectivity index (χ4n) is 5.46. The van der Waals surface area contributed by atoms with Crippen molar-refractivity contribution in [3.8, 4) is 5.75 Å². The van der Waals surface area contributed by atoms with Crippen molar-refractivity contribution in [1.29, 1.82) is 0 Å². The number of ether oxygens (including phenoxy) is 2. The molecule has 1 aromatic carbocycles. The lowest BCUT2D eigenvalue weighted by Gasteiger charge is -2.46. The first-order chi connectivity index (χ1) is 16.5. The molecule has 2 fully saturated rings. The van der Waals surface area contributed by atoms with Crippen molar-refractivity contribution in [1.82, 2.24) is 15.1 Å². The summed E-state index contributed by atoms with van der Waals surface area (Å²) in [5, 5.41) is 13.3. The maximum absolute atomic E-state index is 13.2. The number of imide groups is 1. The predicted octanol–water partition coefficient (Wildman–Crippen LogP) is 2.03. The molecule has 0 bridgehead atoms. The number of fused-ring (bicyclic) bond motifs is 3. The molecule has 0 aliphatic carbocycles. The van der Waals surface area contributed by atoms with Gasteiger partial charge in [0.25, 0.3) is 5.91 Å². The van der Waals surface area contributed by atoms with E-state index in [9.17, 15) is 24.3 Å². The van der Waals surface area contributed by atoms with Gasteiger partial charge < -0.3 is 24.4 Å². The lowest BCUT2D eigenvalue weighted by molar-refractivity contribution is -0.137. The van der Waals surface area contributed by atoms with E-state index in [1.54, 1.807) is 17.0 Å². The van der Waals surface area contributed by atoms with Gasteiger partial charge in [0.2, 0.25) is 11.8 Å². The van der Waals surface area contributed by atoms with Crippen molar-refractivity contribution >= 4 is 23.8 Å². The van der Waals surface area contributed by atoms with Crippen molar-refractivity contribution in [2.75, 3.05) is 13.1 Å². The number of hydrogen-bond donors (Lipinski definition) is 2. The fraction of sp³-hybridized carbons (Fsp3) is 0.600. The summed E-state index contributed by atoms with van der Waals surface area (Å²) in [4.78, 5) is 52.8. The summed E-state index contributed by atoms with van der Waals surface area (Å²) in [6.45, 7) is 6.53. The Hall–Kier alpha value is -3.14. The molecule has 10 nitrogen and oxygen atoms in total. The summed E-state index contributed by atoms with van der Waals surface area (Å²) in [6, 6.07) is 2.67. The Labute approximate surface area is 203 Å². The second kappa shape index (κ2) is 8.22. The molecule has 5 rings (SSSR count). The topological polar surface area (TPSA) is 125 Å². The van der Waals surface area contributed by atoms with Crippen LogP contribution in [0.4, 0.5) is 4.79 Å². The smallest absolute Gasteiger partial charge is 0.410 e. The van der Waals surface area contributed by atoms with E-state index in [0.29, 0.717) is 54.8 Å². The summed E-state index contributed by atoms with van der Waals surface area (Å²) in [5.41, 5.74) is 0.491. The number of rotatable bonds is 1. The van der Waals surface area contributed by atoms with Crippen LogP contribution in [0.25, 0.3) is 0 Å². The van der Waals surface area contributed by atoms with E-state index in [4.69, 9.17) is 9.47 Å². The van der Waals surface area contributed by atoms with E-state index in [2.05, 4.69) is 5.32 Å². The molecule has 2 atom stereocenters. The molecule has 188 valence electrons. The molecule has 4 aliphatic heterocycles. The lowest BCUT2D eigenvalue weighted by atomic mass is 9.81. The normalized spacial score (nSPS) is 25.7. The maximum atomic E-state index is 13.2. The molecule has 2 saturated heterocycles. The molecular weight excluding hydrogens is 454 g/mol. The monoisotopic (exact) mass is 485 g/mol. The lowest BCUT2D eigenvalue weighted by Crippen LogP contribution is -2.53. The minimum atomic E-state index is -0.767. The van der Waals surface area contributed by atoms with Gasteiger partial charge in [0.05, 0.1) is 12.6 Å². The van der Waals surface area contributed by atoms with Gasteiger partial charge in [0.15, 0.2) is 0 Å². The van der Waals surface area contributed by atoms with Crippen molar-refractivity contribution in [2.24, 2.45) is 0 Å². The zero-order chi connectivity index (χ0) is 25.1. The van der Waals surface area contributed by atoms with Gasteiger partial charge in [-0.15, -0.1) is 0 Å². The Morgan fingerprint density at radius 3 is 2.57 bits per heavy atom. The van der Waals surface area contributed by atoms with Gasteiger partial charge in [-0.2, -0.15) is 0 Å². The highest BCUT2D eigenvalue weighted by Gasteiger charge is 2.47. The molecule has 10 heteroatoms. The molecule has 1 aromatic rings. The van der Waals surface area contributed by atoms with Crippen LogP contribution >= 0.6 is 0 Å². The van der Waals surface area contributed by atoms with E-state index >= 15 is 0 Å². The van der Waals surface area contributed by atoms with E-state index in [1.165, 1.54) is 4.90 Å². The van der Waals surface area contributed by atoms with Crippen molar-refractivity contribution in [3.05, 3.63) is 28.8 Å². The molecule has 1 spiro atoms. The number of likely N-dealkylation sites (tertiary alicyclic amines) is 1. The molecule has 2 N–H and O–H groups in total. The fourth-order valence-corrected chi connectivity index (χ4v) is 5.46. The third-order valence-electron chi connectivity index (χ3n) is 7.27. The largest absolute Gasteiger partial charge is 0.486 e. The molecule has 4 heterocycles. The van der Waals surface area contributed by atoms with Gasteiger partial charge in [-0.25, -0.2) is 4.79 Å². The van der Waals surface area contributed by atoms with Gasteiger partial charge in [0.1, 0.15) is 23.0 Å². The van der Waals surface area contributed by atoms with Gasteiger partial charge in [-0.3, -0.25) is 19.7 Å². The Kier molecular flexibility index (Phi) is 5.54. The number of aliphatic hydroxyl groups excluding tert-OH is 1. The van der Waals surface area contributed by atoms with E-state index in [1.807, 2.05) is 20.8 Å². The quantitative estimate of drug-likeness (QED) is 0.583. The van der Waals surface area contributed by atoms with Gasteiger partial charge >= 0.3 is 6.09 Å². The van der Waals surface area contributed by atoms with Crippen LogP contribution in [0.5, 0.6) is 5.75 Å². The standard InChI is InChI=1S/C25H31N3O7/c1-24(2,3)35-23(33)27-10-8-25(9-11-27)12-18(29)15-5-4-14-16(20(15)34-25)13-28(22(14)32)17-6-7-19(30)26-21(17)31/h4-5,17-18,29H,6-13H2,1-3H3,(H,26,30,31). The molecule has 0 aromatic heterocycles. The van der Waals surface area contributed by atoms with Crippen LogP contribution in [-0.4, -0.2) is 69.1 Å². The van der Waals surface area contributed by atoms with E-state index in [0.717, 1.165) is 0 Å². The van der Waals surface area contributed by atoms with Crippen molar-refractivity contribution in [2.45, 2.75) is 82.8 Å². The molecule has 4 aliphatic rings. The molecular formula is C25H31N3O7. The molecule has 0 radical (unpaired) electrons. The summed E-state index contributed by atoms with van der Waals surface area (Å²) < 4.78 is 12.0. The first-order valence-corrected chi connectivity index (χ1v) is 12.1. The minimum absolute atomic E-state index is 0.177.